The van der Waals surface area contributed by atoms with Gasteiger partial charge in [-0.15, -0.1) is 11.3 Å². The van der Waals surface area contributed by atoms with Crippen LogP contribution >= 0.6 is 27.3 Å². The maximum atomic E-state index is 12.9. The molecular weight excluding hydrogens is 500 g/mol. The van der Waals surface area contributed by atoms with Gasteiger partial charge in [-0.3, -0.25) is 4.90 Å². The molecule has 1 saturated carbocycles. The number of urea groups is 1. The van der Waals surface area contributed by atoms with Gasteiger partial charge in [-0.25, -0.2) is 14.4 Å². The highest BCUT2D eigenvalue weighted by Crippen LogP contribution is 2.46. The van der Waals surface area contributed by atoms with Gasteiger partial charge in [0.15, 0.2) is 17.2 Å². The van der Waals surface area contributed by atoms with Crippen LogP contribution in [0.25, 0.3) is 10.4 Å². The van der Waals surface area contributed by atoms with E-state index in [2.05, 4.69) is 21.2 Å². The van der Waals surface area contributed by atoms with Gasteiger partial charge in [-0.1, -0.05) is 31.4 Å². The van der Waals surface area contributed by atoms with Gasteiger partial charge >= 0.3 is 18.0 Å². The monoisotopic (exact) mass is 524 g/mol. The second-order valence-electron chi connectivity index (χ2n) is 7.47. The van der Waals surface area contributed by atoms with Crippen molar-refractivity contribution in [3.05, 3.63) is 33.6 Å². The number of rotatable bonds is 8. The molecular formula is C22H25BrN2O6S. The molecule has 0 bridgehead atoms. The molecule has 0 atom stereocenters. The maximum absolute atomic E-state index is 12.9. The Morgan fingerprint density at radius 1 is 1.22 bits per heavy atom. The lowest BCUT2D eigenvalue weighted by atomic mass is 9.96. The first-order valence-electron chi connectivity index (χ1n) is 10.4. The molecule has 0 aliphatic heterocycles. The molecule has 172 valence electrons. The van der Waals surface area contributed by atoms with Crippen LogP contribution in [0.4, 0.5) is 10.5 Å². The number of carboxylic acid groups (broad SMARTS) is 2. The Kier molecular flexibility index (Phi) is 8.14. The molecule has 1 aromatic heterocycles. The fourth-order valence-electron chi connectivity index (χ4n) is 3.74. The Labute approximate surface area is 198 Å². The number of nitrogens with zero attached hydrogens (tertiary/aromatic N) is 1. The van der Waals surface area contributed by atoms with Gasteiger partial charge < -0.3 is 20.3 Å². The van der Waals surface area contributed by atoms with Crippen LogP contribution in [0.3, 0.4) is 0 Å². The topological polar surface area (TPSA) is 116 Å². The number of anilines is 1. The van der Waals surface area contributed by atoms with Gasteiger partial charge in [0.25, 0.3) is 0 Å². The number of carboxylic acids is 2. The van der Waals surface area contributed by atoms with Crippen molar-refractivity contribution in [2.45, 2.75) is 45.1 Å². The first-order valence-corrected chi connectivity index (χ1v) is 12.0. The third-order valence-corrected chi connectivity index (χ3v) is 7.48. The second kappa shape index (κ2) is 10.8. The summed E-state index contributed by atoms with van der Waals surface area (Å²) in [6.07, 6.45) is 5.43. The van der Waals surface area contributed by atoms with Crippen LogP contribution in [0.1, 0.15) is 48.7 Å². The molecule has 8 nitrogen and oxygen atoms in total. The zero-order chi connectivity index (χ0) is 23.3. The number of benzene rings is 1. The number of nitrogens with one attached hydrogen (secondary N) is 1. The molecule has 1 aliphatic rings. The first kappa shape index (κ1) is 24.1. The summed E-state index contributed by atoms with van der Waals surface area (Å²) in [7, 11) is 0. The fourth-order valence-corrected chi connectivity index (χ4v) is 5.63. The summed E-state index contributed by atoms with van der Waals surface area (Å²) in [6, 6.07) is 7.28. The van der Waals surface area contributed by atoms with Crippen molar-refractivity contribution in [2.75, 3.05) is 18.1 Å². The minimum atomic E-state index is -1.21. The number of thiophene rings is 1. The van der Waals surface area contributed by atoms with E-state index in [-0.39, 0.29) is 22.7 Å². The van der Waals surface area contributed by atoms with Crippen LogP contribution in [0.15, 0.2) is 28.7 Å². The van der Waals surface area contributed by atoms with E-state index in [1.165, 1.54) is 6.42 Å². The minimum absolute atomic E-state index is 0.0207. The molecule has 1 fully saturated rings. The number of aromatic carboxylic acids is 1. The molecule has 1 heterocycles. The Morgan fingerprint density at radius 3 is 2.56 bits per heavy atom. The zero-order valence-corrected chi connectivity index (χ0v) is 20.0. The number of ether oxygens (including phenoxy) is 1. The van der Waals surface area contributed by atoms with Crippen LogP contribution in [-0.4, -0.2) is 47.4 Å². The minimum Gasteiger partial charge on any atom is -0.479 e. The van der Waals surface area contributed by atoms with E-state index in [0.717, 1.165) is 37.0 Å². The molecule has 3 N–H and O–H groups in total. The van der Waals surface area contributed by atoms with Gasteiger partial charge in [0.1, 0.15) is 0 Å². The van der Waals surface area contributed by atoms with E-state index in [9.17, 15) is 19.5 Å². The number of carbonyl (C=O) groups is 3. The largest absolute Gasteiger partial charge is 0.479 e. The van der Waals surface area contributed by atoms with Crippen molar-refractivity contribution >= 4 is 50.9 Å². The van der Waals surface area contributed by atoms with E-state index < -0.39 is 18.5 Å². The molecule has 32 heavy (non-hydrogen) atoms. The average molecular weight is 525 g/mol. The van der Waals surface area contributed by atoms with Crippen LogP contribution in [0, 0.1) is 0 Å². The highest BCUT2D eigenvalue weighted by atomic mass is 79.9. The summed E-state index contributed by atoms with van der Waals surface area (Å²) >= 11 is 4.35. The predicted octanol–water partition coefficient (Wildman–Crippen LogP) is 5.21. The number of amides is 2. The van der Waals surface area contributed by atoms with Gasteiger partial charge in [0.2, 0.25) is 0 Å². The van der Waals surface area contributed by atoms with Crippen molar-refractivity contribution in [1.82, 2.24) is 5.32 Å². The lowest BCUT2D eigenvalue weighted by molar-refractivity contribution is -0.139. The van der Waals surface area contributed by atoms with Gasteiger partial charge in [-0.2, -0.15) is 0 Å². The molecule has 1 aromatic carbocycles. The summed E-state index contributed by atoms with van der Waals surface area (Å²) in [5.74, 6) is -2.43. The third-order valence-electron chi connectivity index (χ3n) is 5.26. The van der Waals surface area contributed by atoms with E-state index in [1.54, 1.807) is 17.0 Å². The molecule has 0 unspecified atom stereocenters. The standard InChI is InChI=1S/C22H25BrN2O6S/c1-2-25(22(30)24-14-8-4-3-5-9-14)15-10-6-7-13(11-15)19-17(23)18(31-12-16(26)27)20(32-19)21(28)29/h6-7,10-11,14H,2-5,8-9,12H2,1H3,(H,24,30)(H,26,27)(H,28,29). The Bertz CT molecular complexity index is 1000. The van der Waals surface area contributed by atoms with Crippen LogP contribution in [0.2, 0.25) is 0 Å². The van der Waals surface area contributed by atoms with E-state index >= 15 is 0 Å². The summed E-state index contributed by atoms with van der Waals surface area (Å²) in [6.45, 7) is 1.72. The normalized spacial score (nSPS) is 14.1. The molecule has 0 radical (unpaired) electrons. The third kappa shape index (κ3) is 5.60. The van der Waals surface area contributed by atoms with Gasteiger partial charge in [0.05, 0.1) is 9.35 Å². The number of hydrogen-bond donors (Lipinski definition) is 3. The van der Waals surface area contributed by atoms with Gasteiger partial charge in [-0.05, 0) is 53.4 Å². The van der Waals surface area contributed by atoms with Crippen molar-refractivity contribution < 1.29 is 29.3 Å². The Balaban J connectivity index is 1.88. The smallest absolute Gasteiger partial charge is 0.349 e. The Morgan fingerprint density at radius 2 is 1.94 bits per heavy atom. The number of halogens is 1. The van der Waals surface area contributed by atoms with Crippen molar-refractivity contribution in [3.63, 3.8) is 0 Å². The molecule has 0 saturated heterocycles. The van der Waals surface area contributed by atoms with E-state index in [1.807, 2.05) is 19.1 Å². The van der Waals surface area contributed by atoms with Crippen molar-refractivity contribution in [3.8, 4) is 16.2 Å². The fraction of sp³-hybridized carbons (Fsp3) is 0.409. The van der Waals surface area contributed by atoms with Crippen LogP contribution in [-0.2, 0) is 4.79 Å². The summed E-state index contributed by atoms with van der Waals surface area (Å²) in [4.78, 5) is 37.6. The number of carbonyl (C=O) groups excluding carboxylic acids is 1. The maximum Gasteiger partial charge on any atom is 0.349 e. The van der Waals surface area contributed by atoms with Crippen molar-refractivity contribution in [2.24, 2.45) is 0 Å². The number of hydrogen-bond acceptors (Lipinski definition) is 5. The number of aliphatic carboxylic acids is 1. The molecule has 2 aromatic rings. The highest BCUT2D eigenvalue weighted by molar-refractivity contribution is 9.10. The molecule has 1 aliphatic carbocycles. The molecule has 10 heteroatoms. The first-order chi connectivity index (χ1) is 15.3. The molecule has 2 amide bonds. The SMILES string of the molecule is CCN(C(=O)NC1CCCCC1)c1cccc(-c2sc(C(=O)O)c(OCC(=O)O)c2Br)c1. The summed E-state index contributed by atoms with van der Waals surface area (Å²) < 4.78 is 5.59. The van der Waals surface area contributed by atoms with Gasteiger partial charge in [0, 0.05) is 18.3 Å². The quantitative estimate of drug-likeness (QED) is 0.436. The second-order valence-corrected chi connectivity index (χ2v) is 9.28. The van der Waals surface area contributed by atoms with Crippen LogP contribution in [0.5, 0.6) is 5.75 Å². The molecule has 0 spiro atoms. The summed E-state index contributed by atoms with van der Waals surface area (Å²) in [5.41, 5.74) is 1.37. The highest BCUT2D eigenvalue weighted by Gasteiger charge is 2.25. The predicted molar refractivity (Wildman–Crippen MR) is 126 cm³/mol. The van der Waals surface area contributed by atoms with E-state index in [0.29, 0.717) is 27.1 Å². The lowest BCUT2D eigenvalue weighted by Crippen LogP contribution is -2.45. The van der Waals surface area contributed by atoms with Crippen molar-refractivity contribution in [1.29, 1.82) is 0 Å². The lowest BCUT2D eigenvalue weighted by Gasteiger charge is -2.28. The summed E-state index contributed by atoms with van der Waals surface area (Å²) in [5, 5.41) is 21.5. The van der Waals surface area contributed by atoms with E-state index in [4.69, 9.17) is 9.84 Å². The Hall–Kier alpha value is -2.59. The van der Waals surface area contributed by atoms with Crippen LogP contribution < -0.4 is 15.0 Å². The average Bonchev–Trinajstić information content (AvgIpc) is 3.10. The molecule has 3 rings (SSSR count). The zero-order valence-electron chi connectivity index (χ0n) is 17.6.